The number of amides is 1. The number of nitrogens with zero attached hydrogens (tertiary/aromatic N) is 4. The Morgan fingerprint density at radius 2 is 1.91 bits per heavy atom. The molecule has 0 bridgehead atoms. The van der Waals surface area contributed by atoms with Gasteiger partial charge >= 0.3 is 0 Å². The molecule has 2 fully saturated rings. The fraction of sp³-hybridized carbons (Fsp3) is 0.520. The Labute approximate surface area is 195 Å². The minimum absolute atomic E-state index is 0.0849. The van der Waals surface area contributed by atoms with Crippen molar-refractivity contribution in [2.45, 2.75) is 25.5 Å². The summed E-state index contributed by atoms with van der Waals surface area (Å²) in [6.07, 6.45) is 2.06. The Bertz CT molecular complexity index is 934. The molecule has 1 atom stereocenters. The van der Waals surface area contributed by atoms with E-state index in [1.54, 1.807) is 12.1 Å². The second-order valence-electron chi connectivity index (χ2n) is 9.11. The summed E-state index contributed by atoms with van der Waals surface area (Å²) in [6, 6.07) is 9.94. The van der Waals surface area contributed by atoms with E-state index < -0.39 is 5.60 Å². The molecule has 7 nitrogen and oxygen atoms in total. The number of ether oxygens (including phenoxy) is 2. The molecule has 0 saturated carbocycles. The Morgan fingerprint density at radius 3 is 2.64 bits per heavy atom. The second kappa shape index (κ2) is 10.6. The van der Waals surface area contributed by atoms with E-state index in [-0.39, 0.29) is 24.8 Å². The van der Waals surface area contributed by atoms with E-state index in [1.165, 1.54) is 12.1 Å². The van der Waals surface area contributed by atoms with Gasteiger partial charge in [0, 0.05) is 52.0 Å². The Hall–Kier alpha value is -2.55. The zero-order valence-electron chi connectivity index (χ0n) is 19.5. The molecule has 2 aromatic rings. The maximum absolute atomic E-state index is 13.3. The predicted octanol–water partition coefficient (Wildman–Crippen LogP) is 2.34. The van der Waals surface area contributed by atoms with Crippen LogP contribution in [-0.2, 0) is 16.1 Å². The van der Waals surface area contributed by atoms with Gasteiger partial charge in [-0.2, -0.15) is 0 Å². The zero-order valence-corrected chi connectivity index (χ0v) is 19.5. The Balaban J connectivity index is 1.48. The first-order valence-corrected chi connectivity index (χ1v) is 11.5. The molecule has 2 aliphatic heterocycles. The van der Waals surface area contributed by atoms with Gasteiger partial charge in [-0.25, -0.2) is 4.39 Å². The summed E-state index contributed by atoms with van der Waals surface area (Å²) >= 11 is 0. The van der Waals surface area contributed by atoms with Crippen LogP contribution in [0.1, 0.15) is 17.7 Å². The molecular formula is C25H33FN4O3. The first-order chi connectivity index (χ1) is 15.9. The largest absolute Gasteiger partial charge is 0.491 e. The Kier molecular flexibility index (Phi) is 7.57. The minimum Gasteiger partial charge on any atom is -0.491 e. The van der Waals surface area contributed by atoms with Gasteiger partial charge < -0.3 is 19.3 Å². The average Bonchev–Trinajstić information content (AvgIpc) is 2.81. The highest BCUT2D eigenvalue weighted by Gasteiger charge is 2.41. The van der Waals surface area contributed by atoms with Crippen molar-refractivity contribution in [3.8, 4) is 5.75 Å². The van der Waals surface area contributed by atoms with Crippen LogP contribution in [0.3, 0.4) is 0 Å². The molecule has 4 rings (SSSR count). The fourth-order valence-electron chi connectivity index (χ4n) is 4.39. The number of morpholine rings is 1. The number of likely N-dealkylation sites (N-methyl/N-ethyl adjacent to an activating group) is 1. The third kappa shape index (κ3) is 6.28. The number of benzene rings is 1. The van der Waals surface area contributed by atoms with Gasteiger partial charge in [0.25, 0.3) is 0 Å². The lowest BCUT2D eigenvalue weighted by Gasteiger charge is -2.43. The Morgan fingerprint density at radius 1 is 1.15 bits per heavy atom. The number of pyridine rings is 1. The number of aryl methyl sites for hydroxylation is 1. The highest BCUT2D eigenvalue weighted by molar-refractivity contribution is 5.77. The quantitative estimate of drug-likeness (QED) is 0.638. The van der Waals surface area contributed by atoms with Crippen molar-refractivity contribution < 1.29 is 18.7 Å². The second-order valence-corrected chi connectivity index (χ2v) is 9.11. The molecule has 1 aromatic carbocycles. The minimum atomic E-state index is -0.782. The van der Waals surface area contributed by atoms with E-state index in [0.29, 0.717) is 25.4 Å². The lowest BCUT2D eigenvalue weighted by Crippen LogP contribution is -2.58. The first kappa shape index (κ1) is 23.6. The molecule has 0 spiro atoms. The maximum atomic E-state index is 13.3. The van der Waals surface area contributed by atoms with E-state index in [9.17, 15) is 9.18 Å². The van der Waals surface area contributed by atoms with Gasteiger partial charge in [0.05, 0.1) is 18.7 Å². The van der Waals surface area contributed by atoms with Crippen LogP contribution in [0.25, 0.3) is 0 Å². The van der Waals surface area contributed by atoms with Gasteiger partial charge in [-0.3, -0.25) is 14.7 Å². The van der Waals surface area contributed by atoms with E-state index >= 15 is 0 Å². The smallest absolute Gasteiger partial charge is 0.225 e. The topological polar surface area (TPSA) is 58.1 Å². The molecule has 0 aliphatic carbocycles. The standard InChI is InChI=1S/C25H33FN4O3/c1-20-4-3-9-27-23(20)17-29-14-15-33-25(18-29,19-32-22-7-5-21(26)6-8-22)16-24(31)30-12-10-28(2)11-13-30/h3-9H,10-19H2,1-2H3/t25-/m1/s1. The van der Waals surface area contributed by atoms with Crippen LogP contribution in [0.5, 0.6) is 5.75 Å². The molecule has 0 radical (unpaired) electrons. The van der Waals surface area contributed by atoms with Gasteiger partial charge in [0.2, 0.25) is 5.91 Å². The van der Waals surface area contributed by atoms with Crippen LogP contribution in [0, 0.1) is 12.7 Å². The fourth-order valence-corrected chi connectivity index (χ4v) is 4.39. The number of rotatable bonds is 7. The lowest BCUT2D eigenvalue weighted by molar-refractivity contribution is -0.158. The predicted molar refractivity (Wildman–Crippen MR) is 124 cm³/mol. The third-order valence-electron chi connectivity index (χ3n) is 6.46. The van der Waals surface area contributed by atoms with Gasteiger partial charge in [-0.15, -0.1) is 0 Å². The molecular weight excluding hydrogens is 423 g/mol. The van der Waals surface area contributed by atoms with Crippen molar-refractivity contribution in [2.24, 2.45) is 0 Å². The molecule has 178 valence electrons. The van der Waals surface area contributed by atoms with Crippen molar-refractivity contribution in [1.29, 1.82) is 0 Å². The number of piperazine rings is 1. The third-order valence-corrected chi connectivity index (χ3v) is 6.46. The van der Waals surface area contributed by atoms with Gasteiger partial charge in [0.1, 0.15) is 23.8 Å². The SMILES string of the molecule is Cc1cccnc1CN1CCO[C@](COc2ccc(F)cc2)(CC(=O)N2CCN(C)CC2)C1. The van der Waals surface area contributed by atoms with Crippen LogP contribution in [-0.4, -0.2) is 90.7 Å². The summed E-state index contributed by atoms with van der Waals surface area (Å²) in [6.45, 7) is 7.99. The van der Waals surface area contributed by atoms with E-state index in [2.05, 4.69) is 34.8 Å². The van der Waals surface area contributed by atoms with E-state index in [4.69, 9.17) is 9.47 Å². The number of hydrogen-bond acceptors (Lipinski definition) is 6. The van der Waals surface area contributed by atoms with Crippen LogP contribution >= 0.6 is 0 Å². The summed E-state index contributed by atoms with van der Waals surface area (Å²) in [5.74, 6) is 0.332. The first-order valence-electron chi connectivity index (χ1n) is 11.5. The summed E-state index contributed by atoms with van der Waals surface area (Å²) in [4.78, 5) is 24.2. The molecule has 33 heavy (non-hydrogen) atoms. The number of halogens is 1. The normalized spacial score (nSPS) is 22.3. The van der Waals surface area contributed by atoms with Gasteiger partial charge in [-0.05, 0) is 49.9 Å². The summed E-state index contributed by atoms with van der Waals surface area (Å²) in [7, 11) is 2.07. The molecule has 0 unspecified atom stereocenters. The molecule has 3 heterocycles. The maximum Gasteiger partial charge on any atom is 0.225 e. The van der Waals surface area contributed by atoms with Gasteiger partial charge in [0.15, 0.2) is 0 Å². The van der Waals surface area contributed by atoms with Crippen LogP contribution in [0.4, 0.5) is 4.39 Å². The van der Waals surface area contributed by atoms with Crippen molar-refractivity contribution in [3.05, 3.63) is 59.7 Å². The van der Waals surface area contributed by atoms with E-state index in [0.717, 1.165) is 44.0 Å². The van der Waals surface area contributed by atoms with Crippen LogP contribution < -0.4 is 4.74 Å². The van der Waals surface area contributed by atoms with E-state index in [1.807, 2.05) is 17.2 Å². The lowest BCUT2D eigenvalue weighted by atomic mass is 9.96. The number of carbonyl (C=O) groups is 1. The monoisotopic (exact) mass is 456 g/mol. The van der Waals surface area contributed by atoms with Crippen molar-refractivity contribution in [1.82, 2.24) is 19.7 Å². The summed E-state index contributed by atoms with van der Waals surface area (Å²) < 4.78 is 25.6. The van der Waals surface area contributed by atoms with Gasteiger partial charge in [-0.1, -0.05) is 6.07 Å². The van der Waals surface area contributed by atoms with Crippen LogP contribution in [0.15, 0.2) is 42.6 Å². The van der Waals surface area contributed by atoms with Crippen molar-refractivity contribution in [2.75, 3.05) is 59.5 Å². The summed E-state index contributed by atoms with van der Waals surface area (Å²) in [5.41, 5.74) is 1.39. The zero-order chi connectivity index (χ0) is 23.3. The molecule has 2 saturated heterocycles. The van der Waals surface area contributed by atoms with Crippen molar-refractivity contribution in [3.63, 3.8) is 0 Å². The highest BCUT2D eigenvalue weighted by Crippen LogP contribution is 2.27. The summed E-state index contributed by atoms with van der Waals surface area (Å²) in [5, 5.41) is 0. The number of hydrogen-bond donors (Lipinski definition) is 0. The number of aromatic nitrogens is 1. The van der Waals surface area contributed by atoms with Crippen molar-refractivity contribution >= 4 is 5.91 Å². The highest BCUT2D eigenvalue weighted by atomic mass is 19.1. The average molecular weight is 457 g/mol. The molecule has 8 heteroatoms. The molecule has 1 aromatic heterocycles. The molecule has 0 N–H and O–H groups in total. The number of carbonyl (C=O) groups excluding carboxylic acids is 1. The molecule has 2 aliphatic rings. The van der Waals surface area contributed by atoms with Crippen LogP contribution in [0.2, 0.25) is 0 Å². The molecule has 1 amide bonds.